The summed E-state index contributed by atoms with van der Waals surface area (Å²) in [6, 6.07) is 7.11. The Bertz CT molecular complexity index is 490. The van der Waals surface area contributed by atoms with Crippen molar-refractivity contribution in [2.24, 2.45) is 0 Å². The summed E-state index contributed by atoms with van der Waals surface area (Å²) in [7, 11) is 1.35. The average molecular weight is 210 g/mol. The fourth-order valence-corrected chi connectivity index (χ4v) is 1.64. The molecule has 2 heterocycles. The minimum absolute atomic E-state index is 0.374. The molecule has 0 unspecified atom stereocenters. The van der Waals surface area contributed by atoms with Crippen molar-refractivity contribution in [1.82, 2.24) is 4.40 Å². The van der Waals surface area contributed by atoms with Crippen molar-refractivity contribution in [3.63, 3.8) is 0 Å². The van der Waals surface area contributed by atoms with E-state index < -0.39 is 0 Å². The number of carbonyl (C=O) groups is 1. The van der Waals surface area contributed by atoms with Gasteiger partial charge in [0.15, 0.2) is 0 Å². The van der Waals surface area contributed by atoms with Gasteiger partial charge in [-0.1, -0.05) is 17.7 Å². The largest absolute Gasteiger partial charge is 0.465 e. The summed E-state index contributed by atoms with van der Waals surface area (Å²) in [6.45, 7) is 0. The highest BCUT2D eigenvalue weighted by Gasteiger charge is 2.13. The summed E-state index contributed by atoms with van der Waals surface area (Å²) >= 11 is 5.93. The van der Waals surface area contributed by atoms with Gasteiger partial charge < -0.3 is 9.14 Å². The van der Waals surface area contributed by atoms with E-state index in [1.54, 1.807) is 16.7 Å². The quantitative estimate of drug-likeness (QED) is 0.676. The molecule has 0 aliphatic carbocycles. The SMILES string of the molecule is COC(=O)c1cc(Cl)n2ccccc12. The van der Waals surface area contributed by atoms with Crippen LogP contribution in [-0.4, -0.2) is 17.5 Å². The van der Waals surface area contributed by atoms with Gasteiger partial charge in [-0.3, -0.25) is 0 Å². The Hall–Kier alpha value is -1.48. The zero-order valence-corrected chi connectivity index (χ0v) is 8.28. The summed E-state index contributed by atoms with van der Waals surface area (Å²) in [5.41, 5.74) is 1.24. The van der Waals surface area contributed by atoms with E-state index >= 15 is 0 Å². The average Bonchev–Trinajstić information content (AvgIpc) is 2.56. The first-order valence-electron chi connectivity index (χ1n) is 4.08. The second-order valence-corrected chi connectivity index (χ2v) is 3.22. The minimum atomic E-state index is -0.374. The van der Waals surface area contributed by atoms with E-state index in [0.29, 0.717) is 10.7 Å². The molecule has 14 heavy (non-hydrogen) atoms. The summed E-state index contributed by atoms with van der Waals surface area (Å²) in [4.78, 5) is 11.3. The first-order valence-corrected chi connectivity index (χ1v) is 4.45. The van der Waals surface area contributed by atoms with Gasteiger partial charge in [-0.15, -0.1) is 0 Å². The van der Waals surface area contributed by atoms with Crippen molar-refractivity contribution >= 4 is 23.1 Å². The maximum Gasteiger partial charge on any atom is 0.340 e. The van der Waals surface area contributed by atoms with Crippen LogP contribution in [0, 0.1) is 0 Å². The molecule has 0 saturated heterocycles. The van der Waals surface area contributed by atoms with Crippen LogP contribution in [0.2, 0.25) is 5.15 Å². The highest BCUT2D eigenvalue weighted by Crippen LogP contribution is 2.21. The minimum Gasteiger partial charge on any atom is -0.465 e. The molecule has 0 atom stereocenters. The monoisotopic (exact) mass is 209 g/mol. The van der Waals surface area contributed by atoms with Gasteiger partial charge in [-0.2, -0.15) is 0 Å². The molecule has 0 fully saturated rings. The number of aromatic nitrogens is 1. The van der Waals surface area contributed by atoms with Crippen molar-refractivity contribution in [1.29, 1.82) is 0 Å². The Labute approximate surface area is 85.9 Å². The van der Waals surface area contributed by atoms with Gasteiger partial charge in [0.25, 0.3) is 0 Å². The zero-order valence-electron chi connectivity index (χ0n) is 7.53. The number of halogens is 1. The van der Waals surface area contributed by atoms with Gasteiger partial charge in [0, 0.05) is 6.20 Å². The molecule has 2 aromatic rings. The van der Waals surface area contributed by atoms with E-state index in [2.05, 4.69) is 4.74 Å². The summed E-state index contributed by atoms with van der Waals surface area (Å²) in [5, 5.41) is 0.501. The number of esters is 1. The third-order valence-corrected chi connectivity index (χ3v) is 2.33. The molecule has 0 aliphatic rings. The van der Waals surface area contributed by atoms with Crippen LogP contribution in [0.25, 0.3) is 5.52 Å². The number of ether oxygens (including phenoxy) is 1. The van der Waals surface area contributed by atoms with Crippen LogP contribution >= 0.6 is 11.6 Å². The summed E-state index contributed by atoms with van der Waals surface area (Å²) in [5.74, 6) is -0.374. The van der Waals surface area contributed by atoms with E-state index in [1.807, 2.05) is 18.2 Å². The molecule has 0 amide bonds. The lowest BCUT2D eigenvalue weighted by molar-refractivity contribution is 0.0603. The van der Waals surface area contributed by atoms with Gasteiger partial charge >= 0.3 is 5.97 Å². The normalized spacial score (nSPS) is 10.4. The van der Waals surface area contributed by atoms with E-state index in [9.17, 15) is 4.79 Å². The van der Waals surface area contributed by atoms with E-state index in [4.69, 9.17) is 11.6 Å². The number of fused-ring (bicyclic) bond motifs is 1. The fourth-order valence-electron chi connectivity index (χ4n) is 1.38. The Balaban J connectivity index is 2.72. The molecule has 0 saturated carbocycles. The van der Waals surface area contributed by atoms with Crippen molar-refractivity contribution in [3.8, 4) is 0 Å². The number of rotatable bonds is 1. The Kier molecular flexibility index (Phi) is 2.17. The van der Waals surface area contributed by atoms with Crippen LogP contribution < -0.4 is 0 Å². The van der Waals surface area contributed by atoms with Crippen molar-refractivity contribution < 1.29 is 9.53 Å². The van der Waals surface area contributed by atoms with Crippen LogP contribution in [0.5, 0.6) is 0 Å². The first kappa shape index (κ1) is 9.09. The Morgan fingerprint density at radius 2 is 2.29 bits per heavy atom. The fraction of sp³-hybridized carbons (Fsp3) is 0.100. The van der Waals surface area contributed by atoms with E-state index in [1.165, 1.54) is 7.11 Å². The van der Waals surface area contributed by atoms with Crippen molar-refractivity contribution in [2.45, 2.75) is 0 Å². The molecule has 0 bridgehead atoms. The number of methoxy groups -OCH3 is 1. The van der Waals surface area contributed by atoms with E-state index in [-0.39, 0.29) is 5.97 Å². The number of nitrogens with zero attached hydrogens (tertiary/aromatic N) is 1. The summed E-state index contributed by atoms with van der Waals surface area (Å²) in [6.07, 6.45) is 1.80. The lowest BCUT2D eigenvalue weighted by Crippen LogP contribution is -1.99. The van der Waals surface area contributed by atoms with Gasteiger partial charge in [0.05, 0.1) is 18.2 Å². The highest BCUT2D eigenvalue weighted by atomic mass is 35.5. The first-order chi connectivity index (χ1) is 6.74. The van der Waals surface area contributed by atoms with Crippen LogP contribution in [0.15, 0.2) is 30.5 Å². The van der Waals surface area contributed by atoms with Gasteiger partial charge in [0.2, 0.25) is 0 Å². The van der Waals surface area contributed by atoms with Crippen LogP contribution in [0.3, 0.4) is 0 Å². The summed E-state index contributed by atoms with van der Waals surface area (Å²) < 4.78 is 6.38. The predicted molar refractivity (Wildman–Crippen MR) is 53.7 cm³/mol. The predicted octanol–water partition coefficient (Wildman–Crippen LogP) is 2.38. The number of carbonyl (C=O) groups excluding carboxylic acids is 1. The van der Waals surface area contributed by atoms with Crippen molar-refractivity contribution in [3.05, 3.63) is 41.2 Å². The van der Waals surface area contributed by atoms with Crippen LogP contribution in [-0.2, 0) is 4.74 Å². The Morgan fingerprint density at radius 1 is 1.50 bits per heavy atom. The lowest BCUT2D eigenvalue weighted by Gasteiger charge is -1.97. The molecule has 0 radical (unpaired) electrons. The Morgan fingerprint density at radius 3 is 3.00 bits per heavy atom. The second kappa shape index (κ2) is 3.35. The number of hydrogen-bond donors (Lipinski definition) is 0. The number of hydrogen-bond acceptors (Lipinski definition) is 2. The van der Waals surface area contributed by atoms with Crippen molar-refractivity contribution in [2.75, 3.05) is 7.11 Å². The molecule has 2 aromatic heterocycles. The van der Waals surface area contributed by atoms with Gasteiger partial charge in [-0.25, -0.2) is 4.79 Å². The molecule has 2 rings (SSSR count). The molecule has 0 N–H and O–H groups in total. The molecule has 4 heteroatoms. The maximum atomic E-state index is 11.3. The van der Waals surface area contributed by atoms with E-state index in [0.717, 1.165) is 5.52 Å². The van der Waals surface area contributed by atoms with Crippen LogP contribution in [0.4, 0.5) is 0 Å². The molecule has 72 valence electrons. The smallest absolute Gasteiger partial charge is 0.340 e. The third kappa shape index (κ3) is 1.26. The standard InChI is InChI=1S/C10H8ClNO2/c1-14-10(13)7-6-9(11)12-5-3-2-4-8(7)12/h2-6H,1H3. The third-order valence-electron chi connectivity index (χ3n) is 2.03. The maximum absolute atomic E-state index is 11.3. The number of pyridine rings is 1. The topological polar surface area (TPSA) is 30.7 Å². The lowest BCUT2D eigenvalue weighted by atomic mass is 10.2. The second-order valence-electron chi connectivity index (χ2n) is 2.83. The molecular formula is C10H8ClNO2. The molecule has 3 nitrogen and oxygen atoms in total. The zero-order chi connectivity index (χ0) is 10.1. The molecular weight excluding hydrogens is 202 g/mol. The molecule has 0 aliphatic heterocycles. The molecule has 0 spiro atoms. The van der Waals surface area contributed by atoms with Gasteiger partial charge in [-0.05, 0) is 18.2 Å². The van der Waals surface area contributed by atoms with Gasteiger partial charge in [0.1, 0.15) is 5.15 Å². The van der Waals surface area contributed by atoms with Crippen LogP contribution in [0.1, 0.15) is 10.4 Å². The highest BCUT2D eigenvalue weighted by molar-refractivity contribution is 6.30. The molecule has 0 aromatic carbocycles.